The first kappa shape index (κ1) is 11.5. The van der Waals surface area contributed by atoms with Crippen molar-refractivity contribution < 1.29 is 0 Å². The van der Waals surface area contributed by atoms with Gasteiger partial charge in [0.15, 0.2) is 5.65 Å². The lowest BCUT2D eigenvalue weighted by Gasteiger charge is -2.28. The highest BCUT2D eigenvalue weighted by Crippen LogP contribution is 2.25. The molecule has 5 nitrogen and oxygen atoms in total. The number of rotatable bonds is 1. The Morgan fingerprint density at radius 3 is 2.75 bits per heavy atom. The van der Waals surface area contributed by atoms with Crippen LogP contribution in [0.2, 0.25) is 0 Å². The summed E-state index contributed by atoms with van der Waals surface area (Å²) in [5, 5.41) is 1.07. The minimum Gasteiger partial charge on any atom is -0.372 e. The summed E-state index contributed by atoms with van der Waals surface area (Å²) >= 11 is 0. The molecule has 3 heterocycles. The minimum absolute atomic E-state index is 0.209. The van der Waals surface area contributed by atoms with E-state index in [2.05, 4.69) is 32.0 Å². The lowest BCUT2D eigenvalue weighted by molar-refractivity contribution is 0.578. The number of aromatic nitrogens is 3. The van der Waals surface area contributed by atoms with Gasteiger partial charge in [0.25, 0.3) is 0 Å². The third-order valence-corrected chi connectivity index (χ3v) is 4.00. The van der Waals surface area contributed by atoms with Crippen LogP contribution in [0.4, 0.5) is 5.69 Å². The van der Waals surface area contributed by atoms with Gasteiger partial charge in [0.2, 0.25) is 0 Å². The van der Waals surface area contributed by atoms with E-state index in [9.17, 15) is 4.79 Å². The molecule has 0 spiro atoms. The molecule has 3 aromatic rings. The van der Waals surface area contributed by atoms with Gasteiger partial charge in [-0.2, -0.15) is 0 Å². The highest BCUT2D eigenvalue weighted by molar-refractivity contribution is 5.91. The largest absolute Gasteiger partial charge is 0.372 e. The Kier molecular flexibility index (Phi) is 2.52. The van der Waals surface area contributed by atoms with E-state index >= 15 is 0 Å². The van der Waals surface area contributed by atoms with Crippen LogP contribution >= 0.6 is 0 Å². The molecule has 1 fully saturated rings. The highest BCUT2D eigenvalue weighted by Gasteiger charge is 2.12. The normalized spacial score (nSPS) is 16.1. The average molecular weight is 268 g/mol. The van der Waals surface area contributed by atoms with Crippen molar-refractivity contribution >= 4 is 27.8 Å². The Bertz CT molecular complexity index is 827. The molecular weight excluding hydrogens is 252 g/mol. The van der Waals surface area contributed by atoms with Gasteiger partial charge in [0, 0.05) is 24.2 Å². The third-order valence-electron chi connectivity index (χ3n) is 4.00. The Hall–Kier alpha value is -2.30. The quantitative estimate of drug-likeness (QED) is 0.712. The topological polar surface area (TPSA) is 64.8 Å². The van der Waals surface area contributed by atoms with Gasteiger partial charge >= 0.3 is 5.69 Å². The molecule has 0 amide bonds. The zero-order chi connectivity index (χ0) is 13.5. The van der Waals surface area contributed by atoms with Gasteiger partial charge in [-0.1, -0.05) is 0 Å². The summed E-state index contributed by atoms with van der Waals surface area (Å²) in [5.74, 6) is 0. The second-order valence-electron chi connectivity index (χ2n) is 5.39. The van der Waals surface area contributed by atoms with Crippen molar-refractivity contribution in [3.63, 3.8) is 0 Å². The highest BCUT2D eigenvalue weighted by atomic mass is 16.1. The molecule has 102 valence electrons. The molecule has 1 saturated heterocycles. The fourth-order valence-electron chi connectivity index (χ4n) is 2.96. The minimum atomic E-state index is -0.209. The molecule has 1 aliphatic rings. The van der Waals surface area contributed by atoms with Crippen LogP contribution in [0.5, 0.6) is 0 Å². The molecule has 2 aromatic heterocycles. The number of piperidine rings is 1. The van der Waals surface area contributed by atoms with E-state index in [1.165, 1.54) is 24.9 Å². The fourth-order valence-corrected chi connectivity index (χ4v) is 2.96. The summed E-state index contributed by atoms with van der Waals surface area (Å²) < 4.78 is 0. The Labute approximate surface area is 115 Å². The van der Waals surface area contributed by atoms with Crippen molar-refractivity contribution in [1.82, 2.24) is 15.0 Å². The monoisotopic (exact) mass is 268 g/mol. The molecule has 1 aliphatic heterocycles. The molecule has 0 unspecified atom stereocenters. The maximum atomic E-state index is 11.3. The Balaban J connectivity index is 1.84. The molecule has 5 heteroatoms. The number of anilines is 1. The number of nitrogens with zero attached hydrogens (tertiary/aromatic N) is 2. The molecule has 0 atom stereocenters. The van der Waals surface area contributed by atoms with Crippen LogP contribution in [-0.4, -0.2) is 28.0 Å². The first-order chi connectivity index (χ1) is 9.79. The molecule has 20 heavy (non-hydrogen) atoms. The summed E-state index contributed by atoms with van der Waals surface area (Å²) in [4.78, 5) is 23.7. The SMILES string of the molecule is O=c1[nH]c2cc3cc(N4CCCCC4)ccc3nc2[nH]1. The smallest absolute Gasteiger partial charge is 0.325 e. The molecule has 0 bridgehead atoms. The lowest BCUT2D eigenvalue weighted by atomic mass is 10.1. The summed E-state index contributed by atoms with van der Waals surface area (Å²) in [7, 11) is 0. The first-order valence-electron chi connectivity index (χ1n) is 7.07. The number of imidazole rings is 1. The van der Waals surface area contributed by atoms with Crippen molar-refractivity contribution in [2.24, 2.45) is 0 Å². The van der Waals surface area contributed by atoms with Crippen LogP contribution in [0.15, 0.2) is 29.1 Å². The molecule has 0 radical (unpaired) electrons. The van der Waals surface area contributed by atoms with Crippen LogP contribution in [-0.2, 0) is 0 Å². The maximum Gasteiger partial charge on any atom is 0.325 e. The Morgan fingerprint density at radius 2 is 1.90 bits per heavy atom. The van der Waals surface area contributed by atoms with Gasteiger partial charge in [-0.15, -0.1) is 0 Å². The first-order valence-corrected chi connectivity index (χ1v) is 7.07. The number of H-pyrrole nitrogens is 2. The zero-order valence-electron chi connectivity index (χ0n) is 11.1. The second kappa shape index (κ2) is 4.37. The van der Waals surface area contributed by atoms with Gasteiger partial charge in [0.1, 0.15) is 0 Å². The lowest BCUT2D eigenvalue weighted by Crippen LogP contribution is -2.29. The average Bonchev–Trinajstić information content (AvgIpc) is 2.84. The number of hydrogen-bond donors (Lipinski definition) is 2. The molecule has 0 saturated carbocycles. The van der Waals surface area contributed by atoms with Crippen LogP contribution in [0.25, 0.3) is 22.1 Å². The predicted octanol–water partition coefficient (Wildman–Crippen LogP) is 2.39. The maximum absolute atomic E-state index is 11.3. The van der Waals surface area contributed by atoms with Crippen LogP contribution in [0.1, 0.15) is 19.3 Å². The van der Waals surface area contributed by atoms with Crippen molar-refractivity contribution in [2.75, 3.05) is 18.0 Å². The summed E-state index contributed by atoms with van der Waals surface area (Å²) in [6, 6.07) is 8.31. The van der Waals surface area contributed by atoms with Crippen molar-refractivity contribution in [3.8, 4) is 0 Å². The number of fused-ring (bicyclic) bond motifs is 2. The van der Waals surface area contributed by atoms with Gasteiger partial charge in [-0.3, -0.25) is 4.98 Å². The summed E-state index contributed by atoms with van der Waals surface area (Å²) in [6.07, 6.45) is 3.86. The zero-order valence-corrected chi connectivity index (χ0v) is 11.1. The van der Waals surface area contributed by atoms with Crippen LogP contribution < -0.4 is 10.6 Å². The van der Waals surface area contributed by atoms with Crippen LogP contribution in [0, 0.1) is 0 Å². The van der Waals surface area contributed by atoms with Crippen molar-refractivity contribution in [2.45, 2.75) is 19.3 Å². The standard InChI is InChI=1S/C15H16N4O/c20-15-17-13-9-10-8-11(19-6-2-1-3-7-19)4-5-12(10)16-14(13)18-15/h4-5,8-9H,1-3,6-7H2,(H2,16,17,18,20). The molecular formula is C15H16N4O. The van der Waals surface area contributed by atoms with Gasteiger partial charge in [0.05, 0.1) is 11.0 Å². The fraction of sp³-hybridized carbons (Fsp3) is 0.333. The number of benzene rings is 1. The summed E-state index contributed by atoms with van der Waals surface area (Å²) in [6.45, 7) is 2.25. The van der Waals surface area contributed by atoms with E-state index in [1.54, 1.807) is 0 Å². The number of hydrogen-bond acceptors (Lipinski definition) is 3. The number of nitrogens with one attached hydrogen (secondary N) is 2. The molecule has 2 N–H and O–H groups in total. The van der Waals surface area contributed by atoms with E-state index in [0.717, 1.165) is 29.5 Å². The molecule has 1 aromatic carbocycles. The van der Waals surface area contributed by atoms with Crippen molar-refractivity contribution in [3.05, 3.63) is 34.7 Å². The van der Waals surface area contributed by atoms with E-state index < -0.39 is 0 Å². The van der Waals surface area contributed by atoms with E-state index in [4.69, 9.17) is 0 Å². The third kappa shape index (κ3) is 1.86. The molecule has 4 rings (SSSR count). The summed E-state index contributed by atoms with van der Waals surface area (Å²) in [5.41, 5.74) is 3.33. The predicted molar refractivity (Wildman–Crippen MR) is 80.3 cm³/mol. The van der Waals surface area contributed by atoms with E-state index in [1.807, 2.05) is 12.1 Å². The van der Waals surface area contributed by atoms with Gasteiger partial charge in [-0.05, 0) is 43.5 Å². The molecule has 0 aliphatic carbocycles. The van der Waals surface area contributed by atoms with E-state index in [0.29, 0.717) is 5.65 Å². The van der Waals surface area contributed by atoms with E-state index in [-0.39, 0.29) is 5.69 Å². The van der Waals surface area contributed by atoms with Crippen molar-refractivity contribution in [1.29, 1.82) is 0 Å². The van der Waals surface area contributed by atoms with Gasteiger partial charge < -0.3 is 9.88 Å². The van der Waals surface area contributed by atoms with Gasteiger partial charge in [-0.25, -0.2) is 9.78 Å². The Morgan fingerprint density at radius 1 is 1.05 bits per heavy atom. The number of pyridine rings is 1. The second-order valence-corrected chi connectivity index (χ2v) is 5.39. The number of aromatic amines is 2. The van der Waals surface area contributed by atoms with Crippen LogP contribution in [0.3, 0.4) is 0 Å².